The monoisotopic (exact) mass is 920 g/mol. The Labute approximate surface area is 422 Å². The highest BCUT2D eigenvalue weighted by Gasteiger charge is 2.31. The second-order valence-electron chi connectivity index (χ2n) is 19.1. The van der Waals surface area contributed by atoms with Crippen molar-refractivity contribution in [3.63, 3.8) is 0 Å². The zero-order chi connectivity index (χ0) is 47.8. The van der Waals surface area contributed by atoms with Gasteiger partial charge in [-0.1, -0.05) is 231 Å². The fourth-order valence-electron chi connectivity index (χ4n) is 11.5. The van der Waals surface area contributed by atoms with Crippen LogP contribution in [0.3, 0.4) is 0 Å². The molecular weight excluding hydrogens is 869 g/mol. The van der Waals surface area contributed by atoms with Crippen molar-refractivity contribution in [3.05, 3.63) is 296 Å². The van der Waals surface area contributed by atoms with E-state index in [0.717, 1.165) is 18.5 Å². The van der Waals surface area contributed by atoms with Crippen molar-refractivity contribution in [2.75, 3.05) is 4.90 Å². The molecule has 11 aromatic rings. The third-order valence-electron chi connectivity index (χ3n) is 14.8. The molecule has 0 saturated carbocycles. The van der Waals surface area contributed by atoms with Crippen molar-refractivity contribution >= 4 is 32.9 Å². The van der Waals surface area contributed by atoms with E-state index in [2.05, 4.69) is 289 Å². The molecule has 0 spiro atoms. The van der Waals surface area contributed by atoms with Gasteiger partial charge in [0.05, 0.1) is 11.7 Å². The average molecular weight is 921 g/mol. The number of aromatic nitrogens is 1. The molecule has 0 bridgehead atoms. The number of nitrogens with zero attached hydrogens (tertiary/aromatic N) is 2. The predicted octanol–water partition coefficient (Wildman–Crippen LogP) is 18.7. The second-order valence-corrected chi connectivity index (χ2v) is 19.1. The van der Waals surface area contributed by atoms with Crippen LogP contribution in [0.25, 0.3) is 88.7 Å². The van der Waals surface area contributed by atoms with E-state index in [1.165, 1.54) is 106 Å². The minimum atomic E-state index is 0.137. The number of benzene rings is 10. The van der Waals surface area contributed by atoms with Crippen molar-refractivity contribution in [1.29, 1.82) is 0 Å². The highest BCUT2D eigenvalue weighted by molar-refractivity contribution is 6.22. The van der Waals surface area contributed by atoms with Crippen LogP contribution in [0.2, 0.25) is 0 Å². The second kappa shape index (κ2) is 18.7. The maximum Gasteiger partial charge on any atom is 0.0626 e. The topological polar surface area (TPSA) is 8.17 Å². The Bertz CT molecular complexity index is 3850. The zero-order valence-corrected chi connectivity index (χ0v) is 40.0. The Morgan fingerprint density at radius 1 is 0.347 bits per heavy atom. The van der Waals surface area contributed by atoms with Crippen molar-refractivity contribution in [1.82, 2.24) is 4.57 Å². The van der Waals surface area contributed by atoms with Crippen LogP contribution in [0.5, 0.6) is 0 Å². The first-order chi connectivity index (χ1) is 35.7. The minimum absolute atomic E-state index is 0.137. The lowest BCUT2D eigenvalue weighted by atomic mass is 9.84. The van der Waals surface area contributed by atoms with Crippen molar-refractivity contribution < 1.29 is 0 Å². The SMILES string of the molecule is C1=CCC(c2ccc(-c3ccccc3)n2-c2ccc3c(-c4cccc(-c5ccccc5)c4)c4cc(N5C(c6ccccc6)=CCC5c5ccccc5)ccc4c(-c4cccc(-c5ccccc5)c4)c3c2)C=C1. The molecule has 10 aromatic carbocycles. The van der Waals surface area contributed by atoms with E-state index in [4.69, 9.17) is 0 Å². The van der Waals surface area contributed by atoms with Crippen LogP contribution in [-0.4, -0.2) is 4.57 Å². The third kappa shape index (κ3) is 7.88. The first-order valence-corrected chi connectivity index (χ1v) is 25.3. The molecule has 13 rings (SSSR count). The van der Waals surface area contributed by atoms with Crippen LogP contribution < -0.4 is 4.90 Å². The average Bonchev–Trinajstić information content (AvgIpc) is 4.12. The summed E-state index contributed by atoms with van der Waals surface area (Å²) in [6.07, 6.45) is 13.3. The van der Waals surface area contributed by atoms with Gasteiger partial charge in [-0.15, -0.1) is 0 Å². The molecule has 1 aliphatic carbocycles. The molecule has 0 radical (unpaired) electrons. The third-order valence-corrected chi connectivity index (χ3v) is 14.8. The largest absolute Gasteiger partial charge is 0.333 e. The Morgan fingerprint density at radius 3 is 1.42 bits per heavy atom. The van der Waals surface area contributed by atoms with Crippen LogP contribution in [0.4, 0.5) is 5.69 Å². The van der Waals surface area contributed by atoms with E-state index in [1.54, 1.807) is 0 Å². The van der Waals surface area contributed by atoms with Crippen LogP contribution in [-0.2, 0) is 0 Å². The lowest BCUT2D eigenvalue weighted by Gasteiger charge is -2.31. The Kier molecular flexibility index (Phi) is 11.2. The van der Waals surface area contributed by atoms with E-state index >= 15 is 0 Å². The zero-order valence-electron chi connectivity index (χ0n) is 40.0. The normalized spacial score (nSPS) is 15.3. The minimum Gasteiger partial charge on any atom is -0.333 e. The smallest absolute Gasteiger partial charge is 0.0626 e. The van der Waals surface area contributed by atoms with Crippen LogP contribution >= 0.6 is 0 Å². The molecule has 0 amide bonds. The number of hydrogen-bond acceptors (Lipinski definition) is 1. The highest BCUT2D eigenvalue weighted by atomic mass is 15.2. The molecule has 0 fully saturated rings. The lowest BCUT2D eigenvalue weighted by Crippen LogP contribution is -2.22. The number of fused-ring (bicyclic) bond motifs is 2. The summed E-state index contributed by atoms with van der Waals surface area (Å²) >= 11 is 0. The van der Waals surface area contributed by atoms with E-state index in [9.17, 15) is 0 Å². The van der Waals surface area contributed by atoms with Gasteiger partial charge in [-0.05, 0) is 144 Å². The van der Waals surface area contributed by atoms with Crippen LogP contribution in [0, 0.1) is 0 Å². The fourth-order valence-corrected chi connectivity index (χ4v) is 11.5. The number of anilines is 1. The van der Waals surface area contributed by atoms with Gasteiger partial charge in [-0.3, -0.25) is 0 Å². The number of rotatable bonds is 10. The summed E-state index contributed by atoms with van der Waals surface area (Å²) in [7, 11) is 0. The van der Waals surface area contributed by atoms with Gasteiger partial charge in [0, 0.05) is 28.7 Å². The van der Waals surface area contributed by atoms with Gasteiger partial charge < -0.3 is 9.47 Å². The van der Waals surface area contributed by atoms with Crippen molar-refractivity contribution in [2.24, 2.45) is 0 Å². The van der Waals surface area contributed by atoms with Crippen LogP contribution in [0.1, 0.15) is 41.6 Å². The molecule has 1 aliphatic heterocycles. The van der Waals surface area contributed by atoms with Gasteiger partial charge >= 0.3 is 0 Å². The summed E-state index contributed by atoms with van der Waals surface area (Å²) in [4.78, 5) is 2.59. The van der Waals surface area contributed by atoms with Crippen molar-refractivity contribution in [2.45, 2.75) is 24.8 Å². The molecule has 0 N–H and O–H groups in total. The summed E-state index contributed by atoms with van der Waals surface area (Å²) < 4.78 is 2.52. The van der Waals surface area contributed by atoms with Crippen LogP contribution in [0.15, 0.2) is 279 Å². The molecule has 2 heterocycles. The van der Waals surface area contributed by atoms with E-state index < -0.39 is 0 Å². The van der Waals surface area contributed by atoms with Gasteiger partial charge in [0.1, 0.15) is 0 Å². The van der Waals surface area contributed by atoms with Gasteiger partial charge in [0.2, 0.25) is 0 Å². The molecule has 2 nitrogen and oxygen atoms in total. The maximum absolute atomic E-state index is 2.59. The summed E-state index contributed by atoms with van der Waals surface area (Å²) in [5.41, 5.74) is 19.3. The molecule has 0 saturated heterocycles. The molecule has 72 heavy (non-hydrogen) atoms. The van der Waals surface area contributed by atoms with Gasteiger partial charge in [-0.2, -0.15) is 0 Å². The Hall–Kier alpha value is -8.98. The Balaban J connectivity index is 1.12. The van der Waals surface area contributed by atoms with Gasteiger partial charge in [-0.25, -0.2) is 0 Å². The molecular formula is C70H52N2. The van der Waals surface area contributed by atoms with Gasteiger partial charge in [0.25, 0.3) is 0 Å². The van der Waals surface area contributed by atoms with E-state index in [-0.39, 0.29) is 12.0 Å². The summed E-state index contributed by atoms with van der Waals surface area (Å²) in [5, 5.41) is 4.86. The fraction of sp³-hybridized carbons (Fsp3) is 0.0571. The molecule has 2 unspecified atom stereocenters. The predicted molar refractivity (Wildman–Crippen MR) is 304 cm³/mol. The maximum atomic E-state index is 2.59. The molecule has 2 heteroatoms. The first-order valence-electron chi connectivity index (χ1n) is 25.3. The molecule has 1 aromatic heterocycles. The lowest BCUT2D eigenvalue weighted by molar-refractivity contribution is 0.749. The standard InChI is InChI=1S/C70H52N2/c1-7-21-49(22-8-1)55-33-19-35-57(45-55)69-61-39-37-60(72-67(53-29-15-5-16-30-53)43-44-68(72)54-31-17-6-18-32-54)48-64(61)70(58-36-20-34-56(46-58)50-23-9-2-10-24-50)62-40-38-59(47-63(62)69)71-65(51-25-11-3-12-26-51)41-42-66(71)52-27-13-4-14-28-52/h1-31,33-41,43-48,54,66H,32,42H2. The summed E-state index contributed by atoms with van der Waals surface area (Å²) in [6.45, 7) is 0. The summed E-state index contributed by atoms with van der Waals surface area (Å²) in [5.74, 6) is 0.247. The molecule has 2 aliphatic rings. The highest BCUT2D eigenvalue weighted by Crippen LogP contribution is 2.50. The quantitative estimate of drug-likeness (QED) is 0.124. The Morgan fingerprint density at radius 2 is 0.847 bits per heavy atom. The number of allylic oxidation sites excluding steroid dienone is 4. The van der Waals surface area contributed by atoms with Gasteiger partial charge in [0.15, 0.2) is 0 Å². The molecule has 2 atom stereocenters. The summed E-state index contributed by atoms with van der Waals surface area (Å²) in [6, 6.07) is 92.1. The van der Waals surface area contributed by atoms with E-state index in [0.29, 0.717) is 0 Å². The van der Waals surface area contributed by atoms with Crippen molar-refractivity contribution in [3.8, 4) is 61.5 Å². The first kappa shape index (κ1) is 43.1. The van der Waals surface area contributed by atoms with E-state index in [1.807, 2.05) is 0 Å². The number of hydrogen-bond donors (Lipinski definition) is 0. The molecule has 342 valence electrons.